The SMILES string of the molecule is C=CCCC[C@@H](NC(=O)[C@H](O)CC(C)C)C(=O)OC. The third kappa shape index (κ3) is 7.62. The molecule has 0 aliphatic carbocycles. The molecule has 5 heteroatoms. The van der Waals surface area contributed by atoms with Crippen molar-refractivity contribution in [1.29, 1.82) is 0 Å². The number of aliphatic hydroxyl groups excluding tert-OH is 1. The van der Waals surface area contributed by atoms with Crippen molar-refractivity contribution in [2.45, 2.75) is 51.7 Å². The predicted molar refractivity (Wildman–Crippen MR) is 73.5 cm³/mol. The fourth-order valence-corrected chi connectivity index (χ4v) is 1.68. The van der Waals surface area contributed by atoms with Crippen LogP contribution < -0.4 is 5.32 Å². The normalized spacial score (nSPS) is 13.7. The van der Waals surface area contributed by atoms with Crippen LogP contribution in [0.1, 0.15) is 39.5 Å². The van der Waals surface area contributed by atoms with E-state index in [1.54, 1.807) is 6.08 Å². The topological polar surface area (TPSA) is 75.6 Å². The summed E-state index contributed by atoms with van der Waals surface area (Å²) in [7, 11) is 1.28. The molecule has 0 unspecified atom stereocenters. The number of carbonyl (C=O) groups excluding carboxylic acids is 2. The quantitative estimate of drug-likeness (QED) is 0.378. The first-order chi connectivity index (χ1) is 8.92. The average Bonchev–Trinajstić information content (AvgIpc) is 2.35. The largest absolute Gasteiger partial charge is 0.467 e. The smallest absolute Gasteiger partial charge is 0.328 e. The van der Waals surface area contributed by atoms with Gasteiger partial charge in [0.15, 0.2) is 0 Å². The Morgan fingerprint density at radius 2 is 2.05 bits per heavy atom. The van der Waals surface area contributed by atoms with E-state index in [1.165, 1.54) is 7.11 Å². The number of methoxy groups -OCH3 is 1. The average molecular weight is 271 g/mol. The van der Waals surface area contributed by atoms with Crippen molar-refractivity contribution in [3.63, 3.8) is 0 Å². The van der Waals surface area contributed by atoms with Crippen LogP contribution in [0.5, 0.6) is 0 Å². The van der Waals surface area contributed by atoms with Gasteiger partial charge in [-0.2, -0.15) is 0 Å². The molecular weight excluding hydrogens is 246 g/mol. The number of nitrogens with one attached hydrogen (secondary N) is 1. The highest BCUT2D eigenvalue weighted by Gasteiger charge is 2.24. The maximum atomic E-state index is 11.8. The molecule has 1 amide bonds. The number of esters is 1. The van der Waals surface area contributed by atoms with Crippen LogP contribution in [0.25, 0.3) is 0 Å². The highest BCUT2D eigenvalue weighted by molar-refractivity contribution is 5.86. The number of carbonyl (C=O) groups is 2. The minimum absolute atomic E-state index is 0.207. The molecule has 0 aromatic rings. The lowest BCUT2D eigenvalue weighted by Crippen LogP contribution is -2.46. The molecule has 0 bridgehead atoms. The lowest BCUT2D eigenvalue weighted by molar-refractivity contribution is -0.146. The zero-order chi connectivity index (χ0) is 14.8. The number of ether oxygens (including phenoxy) is 1. The maximum Gasteiger partial charge on any atom is 0.328 e. The Labute approximate surface area is 115 Å². The Morgan fingerprint density at radius 3 is 2.53 bits per heavy atom. The van der Waals surface area contributed by atoms with E-state index in [-0.39, 0.29) is 5.92 Å². The van der Waals surface area contributed by atoms with Gasteiger partial charge in [-0.25, -0.2) is 4.79 Å². The van der Waals surface area contributed by atoms with Crippen molar-refractivity contribution < 1.29 is 19.4 Å². The van der Waals surface area contributed by atoms with E-state index in [2.05, 4.69) is 16.6 Å². The van der Waals surface area contributed by atoms with Gasteiger partial charge in [0.2, 0.25) is 5.91 Å². The number of amides is 1. The molecule has 0 heterocycles. The maximum absolute atomic E-state index is 11.8. The van der Waals surface area contributed by atoms with Crippen LogP contribution in [0, 0.1) is 5.92 Å². The zero-order valence-electron chi connectivity index (χ0n) is 12.0. The Balaban J connectivity index is 4.40. The summed E-state index contributed by atoms with van der Waals surface area (Å²) in [4.78, 5) is 23.3. The van der Waals surface area contributed by atoms with Crippen molar-refractivity contribution in [2.75, 3.05) is 7.11 Å². The molecule has 2 atom stereocenters. The lowest BCUT2D eigenvalue weighted by Gasteiger charge is -2.19. The van der Waals surface area contributed by atoms with Gasteiger partial charge in [-0.15, -0.1) is 6.58 Å². The summed E-state index contributed by atoms with van der Waals surface area (Å²) in [5.74, 6) is -0.810. The lowest BCUT2D eigenvalue weighted by atomic mass is 10.0. The molecule has 0 saturated carbocycles. The van der Waals surface area contributed by atoms with Gasteiger partial charge in [0.1, 0.15) is 12.1 Å². The summed E-state index contributed by atoms with van der Waals surface area (Å²) < 4.78 is 4.64. The number of allylic oxidation sites excluding steroid dienone is 1. The molecule has 0 aromatic carbocycles. The first-order valence-corrected chi connectivity index (χ1v) is 6.59. The summed E-state index contributed by atoms with van der Waals surface area (Å²) in [6, 6.07) is -0.709. The third-order valence-electron chi connectivity index (χ3n) is 2.70. The first-order valence-electron chi connectivity index (χ1n) is 6.59. The van der Waals surface area contributed by atoms with Crippen LogP contribution in [0.2, 0.25) is 0 Å². The number of unbranched alkanes of at least 4 members (excludes halogenated alkanes) is 1. The second kappa shape index (κ2) is 9.55. The fourth-order valence-electron chi connectivity index (χ4n) is 1.68. The molecule has 0 aliphatic rings. The second-order valence-corrected chi connectivity index (χ2v) is 4.95. The third-order valence-corrected chi connectivity index (χ3v) is 2.70. The van der Waals surface area contributed by atoms with Crippen molar-refractivity contribution in [1.82, 2.24) is 5.32 Å². The van der Waals surface area contributed by atoms with Gasteiger partial charge in [-0.05, 0) is 31.6 Å². The van der Waals surface area contributed by atoms with Crippen LogP contribution in [0.3, 0.4) is 0 Å². The van der Waals surface area contributed by atoms with Crippen LogP contribution in [-0.2, 0) is 14.3 Å². The summed E-state index contributed by atoms with van der Waals surface area (Å²) in [5, 5.41) is 12.2. The monoisotopic (exact) mass is 271 g/mol. The van der Waals surface area contributed by atoms with Gasteiger partial charge < -0.3 is 15.2 Å². The van der Waals surface area contributed by atoms with E-state index in [0.717, 1.165) is 12.8 Å². The predicted octanol–water partition coefficient (Wildman–Crippen LogP) is 1.41. The molecule has 0 aliphatic heterocycles. The van der Waals surface area contributed by atoms with Crippen LogP contribution >= 0.6 is 0 Å². The number of aliphatic hydroxyl groups is 1. The zero-order valence-corrected chi connectivity index (χ0v) is 12.0. The first kappa shape index (κ1) is 17.6. The van der Waals surface area contributed by atoms with Crippen molar-refractivity contribution in [3.8, 4) is 0 Å². The van der Waals surface area contributed by atoms with Crippen LogP contribution in [-0.4, -0.2) is 36.2 Å². The van der Waals surface area contributed by atoms with Crippen molar-refractivity contribution in [2.24, 2.45) is 5.92 Å². The molecule has 0 fully saturated rings. The molecule has 0 aromatic heterocycles. The number of rotatable bonds is 9. The molecule has 0 radical (unpaired) electrons. The van der Waals surface area contributed by atoms with E-state index >= 15 is 0 Å². The minimum Gasteiger partial charge on any atom is -0.467 e. The molecule has 0 spiro atoms. The van der Waals surface area contributed by atoms with Gasteiger partial charge in [0.05, 0.1) is 7.11 Å². The molecule has 110 valence electrons. The van der Waals surface area contributed by atoms with Gasteiger partial charge in [0, 0.05) is 0 Å². The highest BCUT2D eigenvalue weighted by Crippen LogP contribution is 2.07. The minimum atomic E-state index is -1.09. The van der Waals surface area contributed by atoms with Gasteiger partial charge in [-0.3, -0.25) is 4.79 Å². The van der Waals surface area contributed by atoms with Gasteiger partial charge in [0.25, 0.3) is 0 Å². The number of hydrogen-bond acceptors (Lipinski definition) is 4. The Kier molecular flexibility index (Phi) is 8.87. The summed E-state index contributed by atoms with van der Waals surface area (Å²) in [5.41, 5.74) is 0. The molecular formula is C14H25NO4. The summed E-state index contributed by atoms with van der Waals surface area (Å²) >= 11 is 0. The second-order valence-electron chi connectivity index (χ2n) is 4.95. The molecule has 0 saturated heterocycles. The van der Waals surface area contributed by atoms with E-state index in [4.69, 9.17) is 0 Å². The molecule has 0 rings (SSSR count). The Morgan fingerprint density at radius 1 is 1.42 bits per heavy atom. The van der Waals surface area contributed by atoms with Gasteiger partial charge >= 0.3 is 5.97 Å². The fraction of sp³-hybridized carbons (Fsp3) is 0.714. The highest BCUT2D eigenvalue weighted by atomic mass is 16.5. The molecule has 5 nitrogen and oxygen atoms in total. The van der Waals surface area contributed by atoms with Gasteiger partial charge in [-0.1, -0.05) is 19.9 Å². The molecule has 19 heavy (non-hydrogen) atoms. The van der Waals surface area contributed by atoms with E-state index < -0.39 is 24.0 Å². The summed E-state index contributed by atoms with van der Waals surface area (Å²) in [6.45, 7) is 7.43. The molecule has 2 N–H and O–H groups in total. The van der Waals surface area contributed by atoms with E-state index in [9.17, 15) is 14.7 Å². The van der Waals surface area contributed by atoms with Crippen LogP contribution in [0.4, 0.5) is 0 Å². The van der Waals surface area contributed by atoms with E-state index in [1.807, 2.05) is 13.8 Å². The Bertz CT molecular complexity index is 302. The van der Waals surface area contributed by atoms with Crippen molar-refractivity contribution in [3.05, 3.63) is 12.7 Å². The standard InChI is InChI=1S/C14H25NO4/c1-5-6-7-8-11(14(18)19-4)15-13(17)12(16)9-10(2)3/h5,10-12,16H,1,6-9H2,2-4H3,(H,15,17)/t11-,12-/m1/s1. The summed E-state index contributed by atoms with van der Waals surface area (Å²) in [6.07, 6.45) is 2.99. The van der Waals surface area contributed by atoms with Crippen molar-refractivity contribution >= 4 is 11.9 Å². The van der Waals surface area contributed by atoms with Crippen LogP contribution in [0.15, 0.2) is 12.7 Å². The number of hydrogen-bond donors (Lipinski definition) is 2. The Hall–Kier alpha value is -1.36. The van der Waals surface area contributed by atoms with E-state index in [0.29, 0.717) is 12.8 Å².